The third kappa shape index (κ3) is 6.46. The molecular formula is C16H31N3O2. The van der Waals surface area contributed by atoms with Gasteiger partial charge in [0.25, 0.3) is 0 Å². The number of amides is 2. The van der Waals surface area contributed by atoms with Crippen LogP contribution in [0, 0.1) is 0 Å². The zero-order valence-corrected chi connectivity index (χ0v) is 13.6. The molecule has 0 spiro atoms. The van der Waals surface area contributed by atoms with Gasteiger partial charge in [0.15, 0.2) is 0 Å². The summed E-state index contributed by atoms with van der Waals surface area (Å²) in [7, 11) is 0. The molecule has 0 aromatic heterocycles. The van der Waals surface area contributed by atoms with Crippen molar-refractivity contribution in [2.75, 3.05) is 26.2 Å². The van der Waals surface area contributed by atoms with Crippen LogP contribution in [0.15, 0.2) is 0 Å². The first-order valence-electron chi connectivity index (χ1n) is 8.39. The van der Waals surface area contributed by atoms with Gasteiger partial charge in [0, 0.05) is 45.1 Å². The van der Waals surface area contributed by atoms with E-state index in [1.165, 1.54) is 0 Å². The van der Waals surface area contributed by atoms with Gasteiger partial charge >= 0.3 is 0 Å². The van der Waals surface area contributed by atoms with Crippen molar-refractivity contribution in [3.63, 3.8) is 0 Å². The van der Waals surface area contributed by atoms with Gasteiger partial charge in [0.2, 0.25) is 11.8 Å². The maximum atomic E-state index is 12.1. The quantitative estimate of drug-likeness (QED) is 0.742. The highest BCUT2D eigenvalue weighted by atomic mass is 16.2. The van der Waals surface area contributed by atoms with E-state index in [0.717, 1.165) is 45.3 Å². The van der Waals surface area contributed by atoms with Crippen LogP contribution in [0.2, 0.25) is 0 Å². The number of carbonyl (C=O) groups excluding carboxylic acids is 2. The molecule has 5 nitrogen and oxygen atoms in total. The lowest BCUT2D eigenvalue weighted by molar-refractivity contribution is -0.133. The molecular weight excluding hydrogens is 266 g/mol. The summed E-state index contributed by atoms with van der Waals surface area (Å²) in [5.74, 6) is 0.331. The van der Waals surface area contributed by atoms with Crippen LogP contribution in [0.3, 0.4) is 0 Å². The molecule has 2 N–H and O–H groups in total. The summed E-state index contributed by atoms with van der Waals surface area (Å²) in [6, 6.07) is 0.119. The normalized spacial score (nSPS) is 18.6. The number of hydrogen-bond acceptors (Lipinski definition) is 3. The van der Waals surface area contributed by atoms with Crippen LogP contribution < -0.4 is 5.73 Å². The minimum atomic E-state index is 0.119. The van der Waals surface area contributed by atoms with Crippen molar-refractivity contribution in [3.8, 4) is 0 Å². The molecule has 1 aliphatic rings. The molecule has 2 amide bonds. The van der Waals surface area contributed by atoms with E-state index in [1.54, 1.807) is 0 Å². The molecule has 5 heteroatoms. The number of nitrogens with zero attached hydrogens (tertiary/aromatic N) is 2. The van der Waals surface area contributed by atoms with Crippen LogP contribution in [0.5, 0.6) is 0 Å². The first kappa shape index (κ1) is 18.0. The molecule has 0 aromatic rings. The minimum absolute atomic E-state index is 0.119. The molecule has 1 atom stereocenters. The maximum absolute atomic E-state index is 12.1. The Bertz CT molecular complexity index is 311. The molecule has 1 unspecified atom stereocenters. The van der Waals surface area contributed by atoms with E-state index >= 15 is 0 Å². The molecule has 1 saturated heterocycles. The van der Waals surface area contributed by atoms with Crippen LogP contribution in [0.4, 0.5) is 0 Å². The van der Waals surface area contributed by atoms with E-state index in [9.17, 15) is 9.59 Å². The Kier molecular flexibility index (Phi) is 8.35. The summed E-state index contributed by atoms with van der Waals surface area (Å²) < 4.78 is 0. The smallest absolute Gasteiger partial charge is 0.222 e. The summed E-state index contributed by atoms with van der Waals surface area (Å²) in [5, 5.41) is 0. The van der Waals surface area contributed by atoms with E-state index in [4.69, 9.17) is 5.73 Å². The fraction of sp³-hybridized carbons (Fsp3) is 0.875. The summed E-state index contributed by atoms with van der Waals surface area (Å²) >= 11 is 0. The molecule has 0 bridgehead atoms. The summed E-state index contributed by atoms with van der Waals surface area (Å²) in [4.78, 5) is 28.0. The Morgan fingerprint density at radius 1 is 1.19 bits per heavy atom. The Hall–Kier alpha value is -1.10. The molecule has 1 rings (SSSR count). The molecule has 0 aliphatic carbocycles. The Morgan fingerprint density at radius 2 is 1.86 bits per heavy atom. The number of piperidine rings is 1. The topological polar surface area (TPSA) is 66.6 Å². The fourth-order valence-electron chi connectivity index (χ4n) is 2.84. The number of likely N-dealkylation sites (tertiary alicyclic amines) is 1. The standard InChI is InChI=1S/C16H31N3O2/c1-3-10-18(11-4-2)15(20)8-5-9-16(21)19-12-6-7-14(17)13-19/h14H,3-13,17H2,1-2H3. The Balaban J connectivity index is 2.27. The third-order valence-electron chi connectivity index (χ3n) is 3.93. The lowest BCUT2D eigenvalue weighted by atomic mass is 10.1. The zero-order valence-electron chi connectivity index (χ0n) is 13.6. The lowest BCUT2D eigenvalue weighted by Gasteiger charge is -2.31. The van der Waals surface area contributed by atoms with Gasteiger partial charge < -0.3 is 15.5 Å². The SMILES string of the molecule is CCCN(CCC)C(=O)CCCC(=O)N1CCCC(N)C1. The first-order chi connectivity index (χ1) is 10.1. The second-order valence-electron chi connectivity index (χ2n) is 5.98. The Labute approximate surface area is 128 Å². The Morgan fingerprint density at radius 3 is 2.43 bits per heavy atom. The first-order valence-corrected chi connectivity index (χ1v) is 8.39. The van der Waals surface area contributed by atoms with Crippen LogP contribution >= 0.6 is 0 Å². The lowest BCUT2D eigenvalue weighted by Crippen LogP contribution is -2.45. The minimum Gasteiger partial charge on any atom is -0.343 e. The van der Waals surface area contributed by atoms with Gasteiger partial charge in [-0.3, -0.25) is 9.59 Å². The van der Waals surface area contributed by atoms with Gasteiger partial charge in [-0.05, 0) is 32.1 Å². The van der Waals surface area contributed by atoms with Crippen molar-refractivity contribution >= 4 is 11.8 Å². The van der Waals surface area contributed by atoms with Gasteiger partial charge in [-0.15, -0.1) is 0 Å². The van der Waals surface area contributed by atoms with Gasteiger partial charge in [-0.1, -0.05) is 13.8 Å². The molecule has 122 valence electrons. The predicted molar refractivity (Wildman–Crippen MR) is 84.8 cm³/mol. The molecule has 0 radical (unpaired) electrons. The van der Waals surface area contributed by atoms with Crippen molar-refractivity contribution in [2.24, 2.45) is 5.73 Å². The van der Waals surface area contributed by atoms with E-state index in [0.29, 0.717) is 25.8 Å². The zero-order chi connectivity index (χ0) is 15.7. The van der Waals surface area contributed by atoms with E-state index in [-0.39, 0.29) is 17.9 Å². The molecule has 21 heavy (non-hydrogen) atoms. The molecule has 1 aliphatic heterocycles. The highest BCUT2D eigenvalue weighted by Crippen LogP contribution is 2.11. The van der Waals surface area contributed by atoms with Gasteiger partial charge in [-0.2, -0.15) is 0 Å². The monoisotopic (exact) mass is 297 g/mol. The highest BCUT2D eigenvalue weighted by Gasteiger charge is 2.21. The average molecular weight is 297 g/mol. The summed E-state index contributed by atoms with van der Waals surface area (Å²) in [5.41, 5.74) is 5.89. The van der Waals surface area contributed by atoms with Crippen LogP contribution in [0.1, 0.15) is 58.8 Å². The van der Waals surface area contributed by atoms with Crippen molar-refractivity contribution in [1.82, 2.24) is 9.80 Å². The number of nitrogens with two attached hydrogens (primary N) is 1. The largest absolute Gasteiger partial charge is 0.343 e. The van der Waals surface area contributed by atoms with Crippen LogP contribution in [0.25, 0.3) is 0 Å². The predicted octanol–water partition coefficient (Wildman–Crippen LogP) is 1.75. The number of carbonyl (C=O) groups is 2. The van der Waals surface area contributed by atoms with Gasteiger partial charge in [0.1, 0.15) is 0 Å². The van der Waals surface area contributed by atoms with Crippen LogP contribution in [-0.4, -0.2) is 53.8 Å². The van der Waals surface area contributed by atoms with Crippen LogP contribution in [-0.2, 0) is 9.59 Å². The van der Waals surface area contributed by atoms with E-state index < -0.39 is 0 Å². The molecule has 1 heterocycles. The summed E-state index contributed by atoms with van der Waals surface area (Å²) in [6.45, 7) is 7.30. The van der Waals surface area contributed by atoms with Gasteiger partial charge in [-0.25, -0.2) is 0 Å². The van der Waals surface area contributed by atoms with Crippen molar-refractivity contribution < 1.29 is 9.59 Å². The van der Waals surface area contributed by atoms with Crippen molar-refractivity contribution in [2.45, 2.75) is 64.8 Å². The third-order valence-corrected chi connectivity index (χ3v) is 3.93. The molecule has 0 aromatic carbocycles. The highest BCUT2D eigenvalue weighted by molar-refractivity contribution is 5.79. The molecule has 0 saturated carbocycles. The van der Waals surface area contributed by atoms with Gasteiger partial charge in [0.05, 0.1) is 0 Å². The average Bonchev–Trinajstić information content (AvgIpc) is 2.46. The van der Waals surface area contributed by atoms with E-state index in [2.05, 4.69) is 13.8 Å². The maximum Gasteiger partial charge on any atom is 0.222 e. The van der Waals surface area contributed by atoms with E-state index in [1.807, 2.05) is 9.80 Å². The van der Waals surface area contributed by atoms with Crippen molar-refractivity contribution in [3.05, 3.63) is 0 Å². The second kappa shape index (κ2) is 9.77. The second-order valence-corrected chi connectivity index (χ2v) is 5.98. The molecule has 1 fully saturated rings. The number of hydrogen-bond donors (Lipinski definition) is 1. The van der Waals surface area contributed by atoms with Crippen molar-refractivity contribution in [1.29, 1.82) is 0 Å². The summed E-state index contributed by atoms with van der Waals surface area (Å²) in [6.07, 6.45) is 5.55. The fourth-order valence-corrected chi connectivity index (χ4v) is 2.84. The number of rotatable bonds is 8.